The number of hydrogen-bond acceptors (Lipinski definition) is 4. The minimum absolute atomic E-state index is 0.342. The van der Waals surface area contributed by atoms with Crippen LogP contribution in [0.1, 0.15) is 6.92 Å². The first-order chi connectivity index (χ1) is 4.60. The van der Waals surface area contributed by atoms with Crippen LogP contribution < -0.4 is 0 Å². The van der Waals surface area contributed by atoms with Gasteiger partial charge in [0.05, 0.1) is 25.9 Å². The summed E-state index contributed by atoms with van der Waals surface area (Å²) in [6, 6.07) is 0. The highest BCUT2D eigenvalue weighted by atomic mass is 16.3. The van der Waals surface area contributed by atoms with Gasteiger partial charge in [-0.15, -0.1) is 0 Å². The first-order valence-corrected chi connectivity index (χ1v) is 3.11. The maximum absolute atomic E-state index is 9.01. The molecule has 0 aromatic rings. The van der Waals surface area contributed by atoms with E-state index >= 15 is 0 Å². The quantitative estimate of drug-likeness (QED) is 0.386. The molecule has 0 saturated carbocycles. The molecular weight excluding hydrogens is 136 g/mol. The number of aliphatic hydroxyl groups excluding tert-OH is 4. The van der Waals surface area contributed by atoms with Crippen molar-refractivity contribution in [3.05, 3.63) is 0 Å². The number of rotatable bonds is 4. The van der Waals surface area contributed by atoms with Crippen LogP contribution in [0.15, 0.2) is 0 Å². The Labute approximate surface area is 59.7 Å². The van der Waals surface area contributed by atoms with Crippen LogP contribution in [-0.4, -0.2) is 46.4 Å². The van der Waals surface area contributed by atoms with Crippen LogP contribution >= 0.6 is 0 Å². The Kier molecular flexibility index (Phi) is 3.81. The molecule has 4 heteroatoms. The third-order valence-corrected chi connectivity index (χ3v) is 1.70. The summed E-state index contributed by atoms with van der Waals surface area (Å²) < 4.78 is 0. The lowest BCUT2D eigenvalue weighted by Gasteiger charge is -2.28. The molecule has 0 aromatic carbocycles. The van der Waals surface area contributed by atoms with E-state index in [-0.39, 0.29) is 13.2 Å². The van der Waals surface area contributed by atoms with E-state index in [1.165, 1.54) is 6.92 Å². The second-order valence-electron chi connectivity index (χ2n) is 2.67. The molecule has 4 N–H and O–H groups in total. The lowest BCUT2D eigenvalue weighted by molar-refractivity contribution is -0.0637. The Morgan fingerprint density at radius 2 is 1.60 bits per heavy atom. The van der Waals surface area contributed by atoms with Crippen molar-refractivity contribution in [1.82, 2.24) is 0 Å². The van der Waals surface area contributed by atoms with E-state index in [0.717, 1.165) is 0 Å². The van der Waals surface area contributed by atoms with Crippen LogP contribution in [0, 0.1) is 5.41 Å². The average molecular weight is 150 g/mol. The molecule has 0 aromatic heterocycles. The minimum atomic E-state index is -1.07. The van der Waals surface area contributed by atoms with E-state index in [1.807, 2.05) is 0 Å². The maximum atomic E-state index is 9.01. The molecule has 0 spiro atoms. The van der Waals surface area contributed by atoms with Gasteiger partial charge in [-0.25, -0.2) is 0 Å². The fourth-order valence-corrected chi connectivity index (χ4v) is 0.481. The Bertz CT molecular complexity index is 89.7. The van der Waals surface area contributed by atoms with Gasteiger partial charge in [-0.1, -0.05) is 6.92 Å². The third kappa shape index (κ3) is 1.91. The summed E-state index contributed by atoms with van der Waals surface area (Å²) in [4.78, 5) is 0. The monoisotopic (exact) mass is 150 g/mol. The average Bonchev–Trinajstić information content (AvgIpc) is 2.01. The topological polar surface area (TPSA) is 80.9 Å². The molecule has 0 radical (unpaired) electrons. The lowest BCUT2D eigenvalue weighted by Crippen LogP contribution is -2.41. The molecule has 10 heavy (non-hydrogen) atoms. The summed E-state index contributed by atoms with van der Waals surface area (Å²) in [7, 11) is 0. The molecule has 1 atom stereocenters. The summed E-state index contributed by atoms with van der Waals surface area (Å²) >= 11 is 0. The fraction of sp³-hybridized carbons (Fsp3) is 1.00. The van der Waals surface area contributed by atoms with Gasteiger partial charge in [0.25, 0.3) is 0 Å². The van der Waals surface area contributed by atoms with E-state index in [0.29, 0.717) is 0 Å². The van der Waals surface area contributed by atoms with Crippen molar-refractivity contribution >= 4 is 0 Å². The molecule has 62 valence electrons. The van der Waals surface area contributed by atoms with Crippen molar-refractivity contribution in [2.24, 2.45) is 5.41 Å². The van der Waals surface area contributed by atoms with Crippen LogP contribution in [0.2, 0.25) is 0 Å². The Balaban J connectivity index is 4.02. The van der Waals surface area contributed by atoms with Crippen molar-refractivity contribution < 1.29 is 20.4 Å². The van der Waals surface area contributed by atoms with Gasteiger partial charge in [0.2, 0.25) is 0 Å². The maximum Gasteiger partial charge on any atom is 0.0868 e. The molecule has 0 aliphatic carbocycles. The lowest BCUT2D eigenvalue weighted by atomic mass is 9.86. The SMILES string of the molecule is CC(CO)(CO)C(O)CO. The van der Waals surface area contributed by atoms with Gasteiger partial charge in [0, 0.05) is 5.41 Å². The van der Waals surface area contributed by atoms with Gasteiger partial charge in [-0.05, 0) is 0 Å². The molecule has 4 nitrogen and oxygen atoms in total. The van der Waals surface area contributed by atoms with Gasteiger partial charge in [-0.2, -0.15) is 0 Å². The van der Waals surface area contributed by atoms with Gasteiger partial charge >= 0.3 is 0 Å². The fourth-order valence-electron chi connectivity index (χ4n) is 0.481. The van der Waals surface area contributed by atoms with Gasteiger partial charge < -0.3 is 20.4 Å². The molecule has 0 amide bonds. The van der Waals surface area contributed by atoms with Crippen molar-refractivity contribution in [2.45, 2.75) is 13.0 Å². The predicted molar refractivity (Wildman–Crippen MR) is 35.4 cm³/mol. The van der Waals surface area contributed by atoms with Crippen LogP contribution in [-0.2, 0) is 0 Å². The van der Waals surface area contributed by atoms with E-state index in [2.05, 4.69) is 0 Å². The largest absolute Gasteiger partial charge is 0.396 e. The highest BCUT2D eigenvalue weighted by Gasteiger charge is 2.30. The molecule has 0 heterocycles. The first kappa shape index (κ1) is 9.84. The smallest absolute Gasteiger partial charge is 0.0868 e. The molecule has 0 bridgehead atoms. The first-order valence-electron chi connectivity index (χ1n) is 3.11. The van der Waals surface area contributed by atoms with Crippen LogP contribution in [0.3, 0.4) is 0 Å². The van der Waals surface area contributed by atoms with Crippen LogP contribution in [0.4, 0.5) is 0 Å². The van der Waals surface area contributed by atoms with E-state index in [1.54, 1.807) is 0 Å². The highest BCUT2D eigenvalue weighted by molar-refractivity contribution is 4.79. The van der Waals surface area contributed by atoms with E-state index in [4.69, 9.17) is 20.4 Å². The van der Waals surface area contributed by atoms with Crippen molar-refractivity contribution in [3.63, 3.8) is 0 Å². The van der Waals surface area contributed by atoms with Crippen LogP contribution in [0.5, 0.6) is 0 Å². The summed E-state index contributed by atoms with van der Waals surface area (Å²) in [6.07, 6.45) is -1.07. The zero-order valence-electron chi connectivity index (χ0n) is 5.99. The second-order valence-corrected chi connectivity index (χ2v) is 2.67. The molecule has 0 aliphatic heterocycles. The van der Waals surface area contributed by atoms with Crippen LogP contribution in [0.25, 0.3) is 0 Å². The van der Waals surface area contributed by atoms with Gasteiger partial charge in [-0.3, -0.25) is 0 Å². The molecule has 0 fully saturated rings. The minimum Gasteiger partial charge on any atom is -0.396 e. The Hall–Kier alpha value is -0.160. The predicted octanol–water partition coefficient (Wildman–Crippen LogP) is -1.67. The molecular formula is C6H14O4. The zero-order chi connectivity index (χ0) is 8.20. The van der Waals surface area contributed by atoms with Crippen molar-refractivity contribution in [1.29, 1.82) is 0 Å². The number of hydrogen-bond donors (Lipinski definition) is 4. The normalized spacial score (nSPS) is 15.3. The third-order valence-electron chi connectivity index (χ3n) is 1.70. The molecule has 0 rings (SSSR count). The summed E-state index contributed by atoms with van der Waals surface area (Å²) in [6.45, 7) is 0.363. The second kappa shape index (κ2) is 3.88. The van der Waals surface area contributed by atoms with E-state index in [9.17, 15) is 0 Å². The van der Waals surface area contributed by atoms with Gasteiger partial charge in [0.1, 0.15) is 0 Å². The van der Waals surface area contributed by atoms with Gasteiger partial charge in [0.15, 0.2) is 0 Å². The molecule has 0 saturated heterocycles. The molecule has 0 aliphatic rings. The number of aliphatic hydroxyl groups is 4. The Morgan fingerprint density at radius 1 is 1.20 bits per heavy atom. The molecule has 1 unspecified atom stereocenters. The highest BCUT2D eigenvalue weighted by Crippen LogP contribution is 2.18. The summed E-state index contributed by atoms with van der Waals surface area (Å²) in [5.74, 6) is 0. The summed E-state index contributed by atoms with van der Waals surface area (Å²) in [5.41, 5.74) is -0.991. The standard InChI is InChI=1S/C6H14O4/c1-6(3-8,4-9)5(10)2-7/h5,7-10H,2-4H2,1H3. The van der Waals surface area contributed by atoms with Crippen molar-refractivity contribution in [2.75, 3.05) is 19.8 Å². The Morgan fingerprint density at radius 3 is 1.70 bits per heavy atom. The zero-order valence-corrected chi connectivity index (χ0v) is 5.99. The van der Waals surface area contributed by atoms with Crippen molar-refractivity contribution in [3.8, 4) is 0 Å². The summed E-state index contributed by atoms with van der Waals surface area (Å²) in [5, 5.41) is 34.8. The van der Waals surface area contributed by atoms with E-state index < -0.39 is 18.1 Å².